The van der Waals surface area contributed by atoms with Gasteiger partial charge in [-0.1, -0.05) is 18.2 Å². The van der Waals surface area contributed by atoms with E-state index in [4.69, 9.17) is 0 Å². The van der Waals surface area contributed by atoms with Crippen LogP contribution in [0.1, 0.15) is 29.7 Å². The minimum Gasteiger partial charge on any atom is -0.508 e. The highest BCUT2D eigenvalue weighted by atomic mass is 19.1. The zero-order valence-corrected chi connectivity index (χ0v) is 11.9. The maximum absolute atomic E-state index is 13.0. The first-order chi connectivity index (χ1) is 9.56. The Morgan fingerprint density at radius 3 is 2.70 bits per heavy atom. The lowest BCUT2D eigenvalue weighted by Crippen LogP contribution is -2.21. The molecule has 0 aliphatic rings. The second-order valence-corrected chi connectivity index (χ2v) is 5.09. The maximum atomic E-state index is 13.0. The predicted octanol–water partition coefficient (Wildman–Crippen LogP) is 3.73. The molecule has 0 bridgehead atoms. The average Bonchev–Trinajstić information content (AvgIpc) is 2.41. The number of phenolic OH excluding ortho intramolecular Hbond substituents is 1. The molecule has 0 saturated carbocycles. The summed E-state index contributed by atoms with van der Waals surface area (Å²) in [6.45, 7) is 4.80. The van der Waals surface area contributed by atoms with Gasteiger partial charge in [0.05, 0.1) is 0 Å². The van der Waals surface area contributed by atoms with E-state index in [1.807, 2.05) is 25.1 Å². The van der Waals surface area contributed by atoms with E-state index >= 15 is 0 Å². The van der Waals surface area contributed by atoms with Gasteiger partial charge in [0, 0.05) is 6.04 Å². The zero-order valence-electron chi connectivity index (χ0n) is 11.9. The Morgan fingerprint density at radius 1 is 1.20 bits per heavy atom. The summed E-state index contributed by atoms with van der Waals surface area (Å²) in [4.78, 5) is 0. The molecule has 1 atom stereocenters. The molecule has 2 N–H and O–H groups in total. The molecule has 2 aromatic carbocycles. The summed E-state index contributed by atoms with van der Waals surface area (Å²) in [5.74, 6) is 0.0952. The summed E-state index contributed by atoms with van der Waals surface area (Å²) in [6.07, 6.45) is 0.856. The number of aryl methyl sites for hydroxylation is 1. The van der Waals surface area contributed by atoms with Crippen LogP contribution in [0.5, 0.6) is 5.75 Å². The third-order valence-electron chi connectivity index (χ3n) is 3.52. The molecular weight excluding hydrogens is 253 g/mol. The predicted molar refractivity (Wildman–Crippen MR) is 79.4 cm³/mol. The average molecular weight is 273 g/mol. The van der Waals surface area contributed by atoms with E-state index in [9.17, 15) is 9.50 Å². The Labute approximate surface area is 119 Å². The molecule has 0 aliphatic heterocycles. The van der Waals surface area contributed by atoms with E-state index in [0.29, 0.717) is 0 Å². The van der Waals surface area contributed by atoms with Crippen LogP contribution < -0.4 is 5.32 Å². The van der Waals surface area contributed by atoms with Gasteiger partial charge in [-0.25, -0.2) is 4.39 Å². The lowest BCUT2D eigenvalue weighted by atomic mass is 10.0. The van der Waals surface area contributed by atoms with Crippen molar-refractivity contribution >= 4 is 0 Å². The van der Waals surface area contributed by atoms with Crippen LogP contribution in [-0.4, -0.2) is 11.7 Å². The Morgan fingerprint density at radius 2 is 2.00 bits per heavy atom. The summed E-state index contributed by atoms with van der Waals surface area (Å²) in [7, 11) is 0. The number of phenols is 1. The summed E-state index contributed by atoms with van der Waals surface area (Å²) in [5, 5.41) is 12.9. The fourth-order valence-corrected chi connectivity index (χ4v) is 2.28. The van der Waals surface area contributed by atoms with Crippen LogP contribution in [0.15, 0.2) is 42.5 Å². The first kappa shape index (κ1) is 14.5. The minimum absolute atomic E-state index is 0.169. The molecule has 106 valence electrons. The number of nitrogens with one attached hydrogen (secondary N) is 1. The largest absolute Gasteiger partial charge is 0.508 e. The smallest absolute Gasteiger partial charge is 0.123 e. The van der Waals surface area contributed by atoms with Gasteiger partial charge in [0.25, 0.3) is 0 Å². The summed E-state index contributed by atoms with van der Waals surface area (Å²) in [6, 6.07) is 12.3. The van der Waals surface area contributed by atoms with Gasteiger partial charge in [0.2, 0.25) is 0 Å². The molecule has 2 nitrogen and oxygen atoms in total. The van der Waals surface area contributed by atoms with Crippen molar-refractivity contribution in [1.82, 2.24) is 5.32 Å². The van der Waals surface area contributed by atoms with Gasteiger partial charge in [0.1, 0.15) is 11.6 Å². The lowest BCUT2D eigenvalue weighted by molar-refractivity contribution is 0.472. The number of aromatic hydroxyl groups is 1. The van der Waals surface area contributed by atoms with E-state index < -0.39 is 0 Å². The van der Waals surface area contributed by atoms with Crippen LogP contribution in [0.4, 0.5) is 4.39 Å². The Hall–Kier alpha value is -1.87. The quantitative estimate of drug-likeness (QED) is 0.870. The lowest BCUT2D eigenvalue weighted by Gasteiger charge is -2.15. The van der Waals surface area contributed by atoms with Crippen LogP contribution in [0.3, 0.4) is 0 Å². The van der Waals surface area contributed by atoms with Crippen molar-refractivity contribution in [2.24, 2.45) is 0 Å². The zero-order chi connectivity index (χ0) is 14.5. The molecule has 0 radical (unpaired) electrons. The number of rotatable bonds is 5. The van der Waals surface area contributed by atoms with Gasteiger partial charge in [0.15, 0.2) is 0 Å². The van der Waals surface area contributed by atoms with Gasteiger partial charge >= 0.3 is 0 Å². The van der Waals surface area contributed by atoms with Gasteiger partial charge in [-0.05, 0) is 67.8 Å². The minimum atomic E-state index is -0.188. The monoisotopic (exact) mass is 273 g/mol. The van der Waals surface area contributed by atoms with E-state index in [-0.39, 0.29) is 17.6 Å². The first-order valence-corrected chi connectivity index (χ1v) is 6.83. The number of hydrogen-bond acceptors (Lipinski definition) is 2. The van der Waals surface area contributed by atoms with Crippen molar-refractivity contribution in [1.29, 1.82) is 0 Å². The molecule has 2 aromatic rings. The van der Waals surface area contributed by atoms with E-state index in [1.165, 1.54) is 6.07 Å². The molecule has 3 heteroatoms. The third kappa shape index (κ3) is 3.81. The molecule has 0 spiro atoms. The second kappa shape index (κ2) is 6.53. The van der Waals surface area contributed by atoms with Crippen LogP contribution in [0.2, 0.25) is 0 Å². The standard InChI is InChI=1S/C17H20FNO/c1-12-10-16(18)7-6-14(12)8-9-19-13(2)15-4-3-5-17(20)11-15/h3-7,10-11,13,19-20H,8-9H2,1-2H3. The molecule has 1 unspecified atom stereocenters. The van der Waals surface area contributed by atoms with E-state index in [0.717, 1.165) is 29.7 Å². The fraction of sp³-hybridized carbons (Fsp3) is 0.294. The third-order valence-corrected chi connectivity index (χ3v) is 3.52. The van der Waals surface area contributed by atoms with Gasteiger partial charge in [-0.2, -0.15) is 0 Å². The van der Waals surface area contributed by atoms with Crippen molar-refractivity contribution in [2.45, 2.75) is 26.3 Å². The van der Waals surface area contributed by atoms with E-state index in [1.54, 1.807) is 18.2 Å². The van der Waals surface area contributed by atoms with Crippen molar-refractivity contribution in [3.63, 3.8) is 0 Å². The molecule has 0 amide bonds. The van der Waals surface area contributed by atoms with Crippen molar-refractivity contribution in [3.8, 4) is 5.75 Å². The highest BCUT2D eigenvalue weighted by Crippen LogP contribution is 2.18. The topological polar surface area (TPSA) is 32.3 Å². The molecule has 2 rings (SSSR count). The van der Waals surface area contributed by atoms with Crippen molar-refractivity contribution < 1.29 is 9.50 Å². The Kier molecular flexibility index (Phi) is 4.74. The Balaban J connectivity index is 1.89. The normalized spacial score (nSPS) is 12.3. The number of halogens is 1. The molecular formula is C17H20FNO. The van der Waals surface area contributed by atoms with Crippen LogP contribution in [0.25, 0.3) is 0 Å². The van der Waals surface area contributed by atoms with Gasteiger partial charge in [-0.3, -0.25) is 0 Å². The highest BCUT2D eigenvalue weighted by Gasteiger charge is 2.06. The summed E-state index contributed by atoms with van der Waals surface area (Å²) in [5.41, 5.74) is 3.19. The van der Waals surface area contributed by atoms with Gasteiger partial charge < -0.3 is 10.4 Å². The van der Waals surface area contributed by atoms with Crippen molar-refractivity contribution in [3.05, 3.63) is 65.0 Å². The molecule has 0 aromatic heterocycles. The molecule has 0 saturated heterocycles. The summed E-state index contributed by atoms with van der Waals surface area (Å²) < 4.78 is 13.0. The molecule has 20 heavy (non-hydrogen) atoms. The van der Waals surface area contributed by atoms with Crippen LogP contribution >= 0.6 is 0 Å². The Bertz CT molecular complexity index is 583. The van der Waals surface area contributed by atoms with Crippen LogP contribution in [-0.2, 0) is 6.42 Å². The number of benzene rings is 2. The molecule has 0 heterocycles. The highest BCUT2D eigenvalue weighted by molar-refractivity contribution is 5.29. The second-order valence-electron chi connectivity index (χ2n) is 5.09. The fourth-order valence-electron chi connectivity index (χ4n) is 2.28. The molecule has 0 aliphatic carbocycles. The number of hydrogen-bond donors (Lipinski definition) is 2. The maximum Gasteiger partial charge on any atom is 0.123 e. The SMILES string of the molecule is Cc1cc(F)ccc1CCNC(C)c1cccc(O)c1. The van der Waals surface area contributed by atoms with Crippen LogP contribution in [0, 0.1) is 12.7 Å². The first-order valence-electron chi connectivity index (χ1n) is 6.83. The summed E-state index contributed by atoms with van der Waals surface area (Å²) >= 11 is 0. The van der Waals surface area contributed by atoms with E-state index in [2.05, 4.69) is 12.2 Å². The van der Waals surface area contributed by atoms with Gasteiger partial charge in [-0.15, -0.1) is 0 Å². The van der Waals surface area contributed by atoms with Crippen molar-refractivity contribution in [2.75, 3.05) is 6.54 Å². The molecule has 0 fully saturated rings.